The maximum absolute atomic E-state index is 11.8. The number of aliphatic hydroxyl groups excluding tert-OH is 1. The third-order valence-electron chi connectivity index (χ3n) is 2.48. The first-order chi connectivity index (χ1) is 8.22. The first kappa shape index (κ1) is 12.1. The highest BCUT2D eigenvalue weighted by Crippen LogP contribution is 2.24. The van der Waals surface area contributed by atoms with Gasteiger partial charge in [0.25, 0.3) is 5.91 Å². The highest BCUT2D eigenvalue weighted by molar-refractivity contribution is 9.10. The summed E-state index contributed by atoms with van der Waals surface area (Å²) in [5.41, 5.74) is 1.46. The average molecular weight is 297 g/mol. The summed E-state index contributed by atoms with van der Waals surface area (Å²) in [5.74, 6) is -0.151. The Morgan fingerprint density at radius 2 is 2.29 bits per heavy atom. The number of nitrogens with one attached hydrogen (secondary N) is 2. The van der Waals surface area contributed by atoms with Crippen LogP contribution in [-0.4, -0.2) is 29.1 Å². The fourth-order valence-corrected chi connectivity index (χ4v) is 2.10. The van der Waals surface area contributed by atoms with Gasteiger partial charge >= 0.3 is 0 Å². The van der Waals surface area contributed by atoms with Crippen LogP contribution in [0.1, 0.15) is 16.9 Å². The molecule has 0 unspecified atom stereocenters. The van der Waals surface area contributed by atoms with Gasteiger partial charge in [0.1, 0.15) is 5.69 Å². The van der Waals surface area contributed by atoms with Gasteiger partial charge in [-0.3, -0.25) is 4.79 Å². The minimum atomic E-state index is -0.151. The highest BCUT2D eigenvalue weighted by atomic mass is 79.9. The summed E-state index contributed by atoms with van der Waals surface area (Å²) < 4.78 is 0.959. The minimum absolute atomic E-state index is 0.0819. The predicted molar refractivity (Wildman–Crippen MR) is 70.0 cm³/mol. The van der Waals surface area contributed by atoms with E-state index in [9.17, 15) is 4.79 Å². The van der Waals surface area contributed by atoms with E-state index >= 15 is 0 Å². The van der Waals surface area contributed by atoms with Gasteiger partial charge in [-0.15, -0.1) is 0 Å². The second kappa shape index (κ2) is 5.33. The van der Waals surface area contributed by atoms with Crippen LogP contribution in [0.3, 0.4) is 0 Å². The maximum Gasteiger partial charge on any atom is 0.267 e. The largest absolute Gasteiger partial charge is 0.396 e. The second-order valence-corrected chi connectivity index (χ2v) is 4.57. The Balaban J connectivity index is 2.19. The smallest absolute Gasteiger partial charge is 0.267 e. The van der Waals surface area contributed by atoms with Crippen LogP contribution in [0.4, 0.5) is 0 Å². The molecule has 0 saturated heterocycles. The Morgan fingerprint density at radius 1 is 1.47 bits per heavy atom. The number of aromatic amines is 1. The molecule has 2 aromatic rings. The van der Waals surface area contributed by atoms with Gasteiger partial charge in [-0.1, -0.05) is 22.0 Å². The van der Waals surface area contributed by atoms with Crippen molar-refractivity contribution in [3.63, 3.8) is 0 Å². The van der Waals surface area contributed by atoms with E-state index in [2.05, 4.69) is 26.2 Å². The third kappa shape index (κ3) is 2.68. The van der Waals surface area contributed by atoms with Crippen LogP contribution in [0.15, 0.2) is 28.7 Å². The lowest BCUT2D eigenvalue weighted by atomic mass is 10.2. The number of amides is 1. The molecule has 0 aliphatic rings. The van der Waals surface area contributed by atoms with Crippen LogP contribution in [0.5, 0.6) is 0 Å². The van der Waals surface area contributed by atoms with Gasteiger partial charge in [0.05, 0.1) is 0 Å². The zero-order chi connectivity index (χ0) is 12.3. The van der Waals surface area contributed by atoms with Gasteiger partial charge in [0.15, 0.2) is 0 Å². The molecule has 1 aromatic carbocycles. The van der Waals surface area contributed by atoms with E-state index < -0.39 is 0 Å². The van der Waals surface area contributed by atoms with Crippen molar-refractivity contribution in [1.29, 1.82) is 0 Å². The Bertz CT molecular complexity index is 536. The van der Waals surface area contributed by atoms with E-state index in [4.69, 9.17) is 5.11 Å². The molecule has 90 valence electrons. The molecule has 0 fully saturated rings. The van der Waals surface area contributed by atoms with E-state index in [0.717, 1.165) is 15.4 Å². The lowest BCUT2D eigenvalue weighted by molar-refractivity contribution is 0.0947. The van der Waals surface area contributed by atoms with E-state index in [-0.39, 0.29) is 12.5 Å². The fraction of sp³-hybridized carbons (Fsp3) is 0.250. The predicted octanol–water partition coefficient (Wildman–Crippen LogP) is 2.04. The van der Waals surface area contributed by atoms with Gasteiger partial charge in [0.2, 0.25) is 0 Å². The second-order valence-electron chi connectivity index (χ2n) is 3.72. The molecule has 0 saturated carbocycles. The zero-order valence-electron chi connectivity index (χ0n) is 9.16. The number of rotatable bonds is 4. The number of fused-ring (bicyclic) bond motifs is 1. The topological polar surface area (TPSA) is 65.1 Å². The standard InChI is InChI=1S/C12H13BrN2O2/c13-9-3-1-4-10-8(9)7-11(15-10)12(17)14-5-2-6-16/h1,3-4,7,15-16H,2,5-6H2,(H,14,17). The third-order valence-corrected chi connectivity index (χ3v) is 3.17. The molecule has 17 heavy (non-hydrogen) atoms. The van der Waals surface area contributed by atoms with Gasteiger partial charge in [-0.25, -0.2) is 0 Å². The van der Waals surface area contributed by atoms with Crippen LogP contribution in [-0.2, 0) is 0 Å². The van der Waals surface area contributed by atoms with Crippen molar-refractivity contribution in [3.05, 3.63) is 34.4 Å². The number of hydrogen-bond acceptors (Lipinski definition) is 2. The molecular formula is C12H13BrN2O2. The molecule has 0 spiro atoms. The normalized spacial score (nSPS) is 10.7. The molecule has 4 nitrogen and oxygen atoms in total. The number of aliphatic hydroxyl groups is 1. The number of halogens is 1. The summed E-state index contributed by atoms with van der Waals surface area (Å²) in [5, 5.41) is 12.4. The van der Waals surface area contributed by atoms with Crippen LogP contribution in [0.2, 0.25) is 0 Å². The lowest BCUT2D eigenvalue weighted by Gasteiger charge is -2.00. The molecule has 0 bridgehead atoms. The first-order valence-electron chi connectivity index (χ1n) is 5.38. The molecule has 0 atom stereocenters. The number of carbonyl (C=O) groups excluding carboxylic acids is 1. The van der Waals surface area contributed by atoms with Crippen molar-refractivity contribution in [2.24, 2.45) is 0 Å². The zero-order valence-corrected chi connectivity index (χ0v) is 10.8. The van der Waals surface area contributed by atoms with Crippen LogP contribution < -0.4 is 5.32 Å². The van der Waals surface area contributed by atoms with E-state index in [1.165, 1.54) is 0 Å². The summed E-state index contributed by atoms with van der Waals surface area (Å²) in [6.07, 6.45) is 0.565. The Morgan fingerprint density at radius 3 is 3.00 bits per heavy atom. The number of H-pyrrole nitrogens is 1. The summed E-state index contributed by atoms with van der Waals surface area (Å²) in [4.78, 5) is 14.8. The molecule has 1 aromatic heterocycles. The average Bonchev–Trinajstić information content (AvgIpc) is 2.75. The molecule has 1 heterocycles. The Labute approximate surface area is 107 Å². The summed E-state index contributed by atoms with van der Waals surface area (Å²) >= 11 is 3.44. The van der Waals surface area contributed by atoms with Crippen molar-refractivity contribution in [3.8, 4) is 0 Å². The number of hydrogen-bond donors (Lipinski definition) is 3. The number of aromatic nitrogens is 1. The molecule has 0 aliphatic heterocycles. The molecule has 1 amide bonds. The number of carbonyl (C=O) groups is 1. The van der Waals surface area contributed by atoms with E-state index in [1.54, 1.807) is 0 Å². The van der Waals surface area contributed by atoms with Crippen molar-refractivity contribution < 1.29 is 9.90 Å². The monoisotopic (exact) mass is 296 g/mol. The maximum atomic E-state index is 11.8. The first-order valence-corrected chi connectivity index (χ1v) is 6.18. The van der Waals surface area contributed by atoms with Crippen LogP contribution in [0, 0.1) is 0 Å². The summed E-state index contributed by atoms with van der Waals surface area (Å²) in [6.45, 7) is 0.560. The van der Waals surface area contributed by atoms with Crippen molar-refractivity contribution in [2.45, 2.75) is 6.42 Å². The summed E-state index contributed by atoms with van der Waals surface area (Å²) in [7, 11) is 0. The van der Waals surface area contributed by atoms with Crippen LogP contribution >= 0.6 is 15.9 Å². The Hall–Kier alpha value is -1.33. The molecule has 2 rings (SSSR count). The van der Waals surface area contributed by atoms with Gasteiger partial charge in [-0.2, -0.15) is 0 Å². The molecular weight excluding hydrogens is 284 g/mol. The van der Waals surface area contributed by atoms with Crippen LogP contribution in [0.25, 0.3) is 10.9 Å². The van der Waals surface area contributed by atoms with E-state index in [0.29, 0.717) is 18.7 Å². The van der Waals surface area contributed by atoms with Crippen molar-refractivity contribution in [1.82, 2.24) is 10.3 Å². The highest BCUT2D eigenvalue weighted by Gasteiger charge is 2.09. The molecule has 0 radical (unpaired) electrons. The SMILES string of the molecule is O=C(NCCCO)c1cc2c(Br)cccc2[nH]1. The Kier molecular flexibility index (Phi) is 3.81. The quantitative estimate of drug-likeness (QED) is 0.756. The van der Waals surface area contributed by atoms with Crippen molar-refractivity contribution in [2.75, 3.05) is 13.2 Å². The molecule has 5 heteroatoms. The number of benzene rings is 1. The lowest BCUT2D eigenvalue weighted by Crippen LogP contribution is -2.25. The molecule has 3 N–H and O–H groups in total. The minimum Gasteiger partial charge on any atom is -0.396 e. The van der Waals surface area contributed by atoms with Gasteiger partial charge in [0, 0.05) is 28.5 Å². The molecule has 0 aliphatic carbocycles. The fourth-order valence-electron chi connectivity index (χ4n) is 1.62. The van der Waals surface area contributed by atoms with E-state index in [1.807, 2.05) is 24.3 Å². The van der Waals surface area contributed by atoms with Gasteiger partial charge in [-0.05, 0) is 24.6 Å². The van der Waals surface area contributed by atoms with Crippen molar-refractivity contribution >= 4 is 32.7 Å². The summed E-state index contributed by atoms with van der Waals surface area (Å²) in [6, 6.07) is 7.58. The van der Waals surface area contributed by atoms with Gasteiger partial charge < -0.3 is 15.4 Å².